The van der Waals surface area contributed by atoms with E-state index in [4.69, 9.17) is 4.74 Å². The summed E-state index contributed by atoms with van der Waals surface area (Å²) >= 11 is 0. The van der Waals surface area contributed by atoms with Gasteiger partial charge in [-0.05, 0) is 31.9 Å². The van der Waals surface area contributed by atoms with Gasteiger partial charge in [-0.1, -0.05) is 18.2 Å². The largest absolute Gasteiger partial charge is 0.393 e. The van der Waals surface area contributed by atoms with Crippen molar-refractivity contribution in [3.63, 3.8) is 0 Å². The van der Waals surface area contributed by atoms with Crippen molar-refractivity contribution in [3.05, 3.63) is 35.9 Å². The molecule has 2 fully saturated rings. The number of aliphatic hydroxyl groups is 1. The lowest BCUT2D eigenvalue weighted by Crippen LogP contribution is -2.46. The average Bonchev–Trinajstić information content (AvgIpc) is 2.93. The molecule has 3 rings (SSSR count). The first kappa shape index (κ1) is 12.6. The van der Waals surface area contributed by atoms with Gasteiger partial charge in [0.05, 0.1) is 12.2 Å². The van der Waals surface area contributed by atoms with Gasteiger partial charge in [0.15, 0.2) is 0 Å². The summed E-state index contributed by atoms with van der Waals surface area (Å²) in [6.45, 7) is 2.57. The van der Waals surface area contributed by atoms with Crippen molar-refractivity contribution in [2.75, 3.05) is 6.54 Å². The van der Waals surface area contributed by atoms with E-state index in [9.17, 15) is 9.90 Å². The van der Waals surface area contributed by atoms with Crippen molar-refractivity contribution in [1.82, 2.24) is 4.90 Å². The zero-order valence-corrected chi connectivity index (χ0v) is 11.1. The highest BCUT2D eigenvalue weighted by atomic mass is 16.5. The standard InChI is InChI=1S/C15H19NO3/c1-11-10-16(14(18)12-5-3-2-4-6-12)15(19-11)8-7-13(17)9-15/h2-6,11,13,17H,7-10H2,1H3/t11-,13-,15+/m1/s1. The summed E-state index contributed by atoms with van der Waals surface area (Å²) in [6, 6.07) is 9.28. The van der Waals surface area contributed by atoms with Crippen LogP contribution in [-0.4, -0.2) is 40.4 Å². The second-order valence-corrected chi connectivity index (χ2v) is 5.55. The van der Waals surface area contributed by atoms with E-state index in [-0.39, 0.29) is 18.1 Å². The van der Waals surface area contributed by atoms with Crippen molar-refractivity contribution in [3.8, 4) is 0 Å². The Morgan fingerprint density at radius 3 is 2.79 bits per heavy atom. The van der Waals surface area contributed by atoms with Gasteiger partial charge in [0.2, 0.25) is 0 Å². The maximum atomic E-state index is 12.6. The molecular weight excluding hydrogens is 242 g/mol. The Balaban J connectivity index is 1.88. The van der Waals surface area contributed by atoms with E-state index in [1.54, 1.807) is 0 Å². The molecule has 4 nitrogen and oxygen atoms in total. The summed E-state index contributed by atoms with van der Waals surface area (Å²) in [5.74, 6) is -0.000880. The molecule has 4 heteroatoms. The molecular formula is C15H19NO3. The van der Waals surface area contributed by atoms with Crippen LogP contribution < -0.4 is 0 Å². The highest BCUT2D eigenvalue weighted by Gasteiger charge is 2.52. The monoisotopic (exact) mass is 261 g/mol. The van der Waals surface area contributed by atoms with Crippen LogP contribution in [0.5, 0.6) is 0 Å². The van der Waals surface area contributed by atoms with Crippen LogP contribution >= 0.6 is 0 Å². The third-order valence-corrected chi connectivity index (χ3v) is 4.04. The molecule has 1 aromatic rings. The van der Waals surface area contributed by atoms with Gasteiger partial charge in [-0.15, -0.1) is 0 Å². The predicted molar refractivity (Wildman–Crippen MR) is 70.6 cm³/mol. The first-order valence-electron chi connectivity index (χ1n) is 6.84. The molecule has 1 N–H and O–H groups in total. The fourth-order valence-electron chi connectivity index (χ4n) is 3.22. The van der Waals surface area contributed by atoms with Crippen LogP contribution in [0, 0.1) is 0 Å². The van der Waals surface area contributed by atoms with Gasteiger partial charge in [-0.2, -0.15) is 0 Å². The van der Waals surface area contributed by atoms with E-state index < -0.39 is 5.72 Å². The summed E-state index contributed by atoms with van der Waals surface area (Å²) in [5.41, 5.74) is 0.0899. The SMILES string of the molecule is C[C@@H]1CN(C(=O)c2ccccc2)[C@@]2(CC[C@@H](O)C2)O1. The molecule has 1 spiro atoms. The van der Waals surface area contributed by atoms with E-state index >= 15 is 0 Å². The van der Waals surface area contributed by atoms with Gasteiger partial charge in [-0.3, -0.25) is 4.79 Å². The molecule has 2 aliphatic rings. The molecule has 0 unspecified atom stereocenters. The minimum atomic E-state index is -0.592. The van der Waals surface area contributed by atoms with Crippen LogP contribution in [0.15, 0.2) is 30.3 Å². The van der Waals surface area contributed by atoms with Crippen molar-refractivity contribution < 1.29 is 14.6 Å². The second-order valence-electron chi connectivity index (χ2n) is 5.55. The molecule has 0 bridgehead atoms. The number of benzene rings is 1. The number of carbonyl (C=O) groups excluding carboxylic acids is 1. The topological polar surface area (TPSA) is 49.8 Å². The zero-order valence-electron chi connectivity index (χ0n) is 11.1. The third kappa shape index (κ3) is 2.15. The van der Waals surface area contributed by atoms with Gasteiger partial charge in [0.1, 0.15) is 5.72 Å². The van der Waals surface area contributed by atoms with Crippen LogP contribution in [0.1, 0.15) is 36.5 Å². The summed E-state index contributed by atoms with van der Waals surface area (Å²) in [7, 11) is 0. The lowest BCUT2D eigenvalue weighted by atomic mass is 10.1. The fraction of sp³-hybridized carbons (Fsp3) is 0.533. The number of hydrogen-bond acceptors (Lipinski definition) is 3. The summed E-state index contributed by atoms with van der Waals surface area (Å²) in [4.78, 5) is 14.4. The Morgan fingerprint density at radius 1 is 1.42 bits per heavy atom. The number of carbonyl (C=O) groups is 1. The Morgan fingerprint density at radius 2 is 2.16 bits per heavy atom. The Kier molecular flexibility index (Phi) is 3.07. The number of aliphatic hydroxyl groups excluding tert-OH is 1. The molecule has 1 aliphatic carbocycles. The lowest BCUT2D eigenvalue weighted by Gasteiger charge is -2.33. The molecule has 0 aromatic heterocycles. The second kappa shape index (κ2) is 4.62. The lowest BCUT2D eigenvalue weighted by molar-refractivity contribution is -0.0883. The molecule has 102 valence electrons. The molecule has 3 atom stereocenters. The molecule has 1 aromatic carbocycles. The maximum absolute atomic E-state index is 12.6. The van der Waals surface area contributed by atoms with Gasteiger partial charge in [0.25, 0.3) is 5.91 Å². The predicted octanol–water partition coefficient (Wildman–Crippen LogP) is 1.79. The van der Waals surface area contributed by atoms with Gasteiger partial charge in [0, 0.05) is 18.5 Å². The van der Waals surface area contributed by atoms with E-state index in [1.165, 1.54) is 0 Å². The molecule has 1 saturated heterocycles. The van der Waals surface area contributed by atoms with Crippen LogP contribution in [0.4, 0.5) is 0 Å². The van der Waals surface area contributed by atoms with Crippen LogP contribution in [0.25, 0.3) is 0 Å². The zero-order chi connectivity index (χ0) is 13.5. The molecule has 1 heterocycles. The molecule has 1 aliphatic heterocycles. The van der Waals surface area contributed by atoms with E-state index in [2.05, 4.69) is 0 Å². The minimum Gasteiger partial charge on any atom is -0.393 e. The van der Waals surface area contributed by atoms with Crippen molar-refractivity contribution in [2.24, 2.45) is 0 Å². The summed E-state index contributed by atoms with van der Waals surface area (Å²) in [5, 5.41) is 9.79. The summed E-state index contributed by atoms with van der Waals surface area (Å²) in [6.07, 6.45) is 1.60. The number of amides is 1. The first-order valence-corrected chi connectivity index (χ1v) is 6.84. The van der Waals surface area contributed by atoms with E-state index in [0.29, 0.717) is 24.9 Å². The smallest absolute Gasteiger partial charge is 0.256 e. The normalized spacial score (nSPS) is 34.1. The number of rotatable bonds is 1. The number of nitrogens with zero attached hydrogens (tertiary/aromatic N) is 1. The van der Waals surface area contributed by atoms with Crippen molar-refractivity contribution >= 4 is 5.91 Å². The van der Waals surface area contributed by atoms with Crippen molar-refractivity contribution in [1.29, 1.82) is 0 Å². The maximum Gasteiger partial charge on any atom is 0.256 e. The number of hydrogen-bond donors (Lipinski definition) is 1. The third-order valence-electron chi connectivity index (χ3n) is 4.04. The Bertz CT molecular complexity index is 472. The Hall–Kier alpha value is -1.39. The highest BCUT2D eigenvalue weighted by molar-refractivity contribution is 5.94. The van der Waals surface area contributed by atoms with Gasteiger partial charge >= 0.3 is 0 Å². The van der Waals surface area contributed by atoms with E-state index in [0.717, 1.165) is 6.42 Å². The van der Waals surface area contributed by atoms with Crippen molar-refractivity contribution in [2.45, 2.75) is 44.1 Å². The molecule has 0 radical (unpaired) electrons. The first-order chi connectivity index (χ1) is 9.11. The highest BCUT2D eigenvalue weighted by Crippen LogP contribution is 2.42. The minimum absolute atomic E-state index is 0.000880. The number of ether oxygens (including phenoxy) is 1. The Labute approximate surface area is 113 Å². The molecule has 19 heavy (non-hydrogen) atoms. The molecule has 1 saturated carbocycles. The quantitative estimate of drug-likeness (QED) is 0.838. The van der Waals surface area contributed by atoms with Gasteiger partial charge in [-0.25, -0.2) is 0 Å². The van der Waals surface area contributed by atoms with Crippen LogP contribution in [0.2, 0.25) is 0 Å². The van der Waals surface area contributed by atoms with E-state index in [1.807, 2.05) is 42.2 Å². The van der Waals surface area contributed by atoms with Crippen LogP contribution in [-0.2, 0) is 4.74 Å². The summed E-state index contributed by atoms with van der Waals surface area (Å²) < 4.78 is 5.98. The van der Waals surface area contributed by atoms with Gasteiger partial charge < -0.3 is 14.7 Å². The fourth-order valence-corrected chi connectivity index (χ4v) is 3.22. The van der Waals surface area contributed by atoms with Crippen LogP contribution in [0.3, 0.4) is 0 Å². The average molecular weight is 261 g/mol. The molecule has 1 amide bonds.